The normalized spacial score (nSPS) is 9.81. The van der Waals surface area contributed by atoms with Gasteiger partial charge in [0.1, 0.15) is 0 Å². The van der Waals surface area contributed by atoms with E-state index < -0.39 is 22.5 Å². The molecule has 0 fully saturated rings. The number of non-ortho nitro benzene ring substituents is 1. The largest absolute Gasteiger partial charge is 0.463 e. The lowest BCUT2D eigenvalue weighted by Crippen LogP contribution is -2.42. The van der Waals surface area contributed by atoms with Crippen molar-refractivity contribution in [3.63, 3.8) is 0 Å². The minimum atomic E-state index is -1.09. The van der Waals surface area contributed by atoms with Gasteiger partial charge >= 0.3 is 17.6 Å². The second-order valence-electron chi connectivity index (χ2n) is 5.41. The number of rotatable bonds is 7. The lowest BCUT2D eigenvalue weighted by molar-refractivity contribution is -0.384. The molecule has 0 aliphatic carbocycles. The van der Waals surface area contributed by atoms with Crippen LogP contribution >= 0.6 is 0 Å². The number of methoxy groups -OCH3 is 1. The Morgan fingerprint density at radius 1 is 1.15 bits per heavy atom. The molecule has 0 spiro atoms. The first kappa shape index (κ1) is 19.5. The summed E-state index contributed by atoms with van der Waals surface area (Å²) >= 11 is 0. The molecule has 2 rings (SSSR count). The zero-order chi connectivity index (χ0) is 19.8. The van der Waals surface area contributed by atoms with E-state index >= 15 is 0 Å². The molecule has 0 N–H and O–H groups in total. The molecular formula is C18H16N4O5. The molecule has 0 bridgehead atoms. The molecule has 0 unspecified atom stereocenters. The van der Waals surface area contributed by atoms with Gasteiger partial charge in [-0.15, -0.1) is 0 Å². The van der Waals surface area contributed by atoms with Crippen molar-refractivity contribution in [1.82, 2.24) is 0 Å². The third-order valence-corrected chi connectivity index (χ3v) is 3.77. The molecule has 0 aliphatic rings. The topological polar surface area (TPSA) is 126 Å². The van der Waals surface area contributed by atoms with Crippen LogP contribution < -0.4 is 4.90 Å². The predicted octanol–water partition coefficient (Wildman–Crippen LogP) is 2.01. The summed E-state index contributed by atoms with van der Waals surface area (Å²) in [6.45, 7) is 0.149. The molecule has 9 heteroatoms. The van der Waals surface area contributed by atoms with Crippen molar-refractivity contribution in [2.75, 3.05) is 18.6 Å². The van der Waals surface area contributed by atoms with Crippen molar-refractivity contribution in [2.45, 2.75) is 6.42 Å². The number of hydrogen-bond acceptors (Lipinski definition) is 5. The zero-order valence-electron chi connectivity index (χ0n) is 14.4. The van der Waals surface area contributed by atoms with Gasteiger partial charge < -0.3 is 15.2 Å². The number of ether oxygens (including phenoxy) is 1. The minimum absolute atomic E-state index is 0.141. The lowest BCUT2D eigenvalue weighted by atomic mass is 10.1. The highest BCUT2D eigenvalue weighted by molar-refractivity contribution is 6.64. The van der Waals surface area contributed by atoms with Crippen molar-refractivity contribution in [1.29, 1.82) is 0 Å². The van der Waals surface area contributed by atoms with Crippen LogP contribution in [0.1, 0.15) is 5.56 Å². The van der Waals surface area contributed by atoms with E-state index in [1.54, 1.807) is 0 Å². The van der Waals surface area contributed by atoms with Gasteiger partial charge in [0, 0.05) is 24.4 Å². The van der Waals surface area contributed by atoms with Gasteiger partial charge in [-0.25, -0.2) is 4.79 Å². The van der Waals surface area contributed by atoms with E-state index in [2.05, 4.69) is 9.53 Å². The van der Waals surface area contributed by atoms with Gasteiger partial charge in [0.15, 0.2) is 0 Å². The molecule has 0 aliphatic heterocycles. The third-order valence-electron chi connectivity index (χ3n) is 3.77. The third kappa shape index (κ3) is 4.83. The molecule has 27 heavy (non-hydrogen) atoms. The summed E-state index contributed by atoms with van der Waals surface area (Å²) in [6, 6.07) is 14.6. The van der Waals surface area contributed by atoms with Crippen molar-refractivity contribution < 1.29 is 24.0 Å². The van der Waals surface area contributed by atoms with Crippen molar-refractivity contribution in [2.24, 2.45) is 0 Å². The van der Waals surface area contributed by atoms with Gasteiger partial charge in [0.05, 0.1) is 12.0 Å². The first-order valence-electron chi connectivity index (χ1n) is 7.88. The highest BCUT2D eigenvalue weighted by atomic mass is 16.6. The average molecular weight is 368 g/mol. The van der Waals surface area contributed by atoms with Crippen molar-refractivity contribution in [3.05, 3.63) is 75.8 Å². The highest BCUT2D eigenvalue weighted by Gasteiger charge is 2.35. The SMILES string of the molecule is COC(=O)C(=[N+]=[N-])C(=O)N(CCc1ccccc1)c1ccc([N+](=O)[O-])cc1. The fourth-order valence-corrected chi connectivity index (χ4v) is 2.38. The Morgan fingerprint density at radius 3 is 2.30 bits per heavy atom. The van der Waals surface area contributed by atoms with E-state index in [0.717, 1.165) is 12.7 Å². The molecule has 1 amide bonds. The van der Waals surface area contributed by atoms with Crippen molar-refractivity contribution in [3.8, 4) is 0 Å². The number of nitro benzene ring substituents is 1. The van der Waals surface area contributed by atoms with Gasteiger partial charge in [0.2, 0.25) is 0 Å². The Bertz CT molecular complexity index is 890. The molecule has 9 nitrogen and oxygen atoms in total. The summed E-state index contributed by atoms with van der Waals surface area (Å²) in [7, 11) is 1.06. The fourth-order valence-electron chi connectivity index (χ4n) is 2.38. The number of amides is 1. The Labute approximate surface area is 154 Å². The molecule has 2 aromatic rings. The van der Waals surface area contributed by atoms with Crippen LogP contribution in [0.15, 0.2) is 54.6 Å². The second kappa shape index (κ2) is 9.02. The molecule has 138 valence electrons. The number of nitrogens with zero attached hydrogens (tertiary/aromatic N) is 4. The maximum absolute atomic E-state index is 12.7. The van der Waals surface area contributed by atoms with Crippen LogP contribution in [0.2, 0.25) is 0 Å². The predicted molar refractivity (Wildman–Crippen MR) is 96.2 cm³/mol. The maximum Gasteiger partial charge on any atom is 0.463 e. The molecule has 0 saturated heterocycles. The monoisotopic (exact) mass is 368 g/mol. The summed E-state index contributed by atoms with van der Waals surface area (Å²) in [5.74, 6) is -1.97. The lowest BCUT2D eigenvalue weighted by Gasteiger charge is -2.20. The molecule has 2 aromatic carbocycles. The Balaban J connectivity index is 2.35. The first-order valence-corrected chi connectivity index (χ1v) is 7.88. The molecule has 0 atom stereocenters. The number of carbonyl (C=O) groups excluding carboxylic acids is 2. The Morgan fingerprint density at radius 2 is 1.78 bits per heavy atom. The van der Waals surface area contributed by atoms with Gasteiger partial charge in [0.25, 0.3) is 5.69 Å². The number of nitro groups is 1. The van der Waals surface area contributed by atoms with Crippen LogP contribution in [0.5, 0.6) is 0 Å². The van der Waals surface area contributed by atoms with Crippen LogP contribution in [0.3, 0.4) is 0 Å². The van der Waals surface area contributed by atoms with E-state index in [0.29, 0.717) is 12.1 Å². The van der Waals surface area contributed by atoms with Crippen LogP contribution in [0.25, 0.3) is 5.53 Å². The zero-order valence-corrected chi connectivity index (χ0v) is 14.4. The molecule has 0 aromatic heterocycles. The van der Waals surface area contributed by atoms with E-state index in [4.69, 9.17) is 5.53 Å². The van der Waals surface area contributed by atoms with E-state index in [9.17, 15) is 19.7 Å². The summed E-state index contributed by atoms with van der Waals surface area (Å²) in [5, 5.41) is 10.8. The average Bonchev–Trinajstić information content (AvgIpc) is 2.69. The molecule has 0 saturated carbocycles. The number of hydrogen-bond donors (Lipinski definition) is 0. The quantitative estimate of drug-likeness (QED) is 0.140. The number of esters is 1. The van der Waals surface area contributed by atoms with E-state index in [1.165, 1.54) is 29.2 Å². The van der Waals surface area contributed by atoms with Crippen LogP contribution in [-0.4, -0.2) is 41.0 Å². The Kier molecular flexibility index (Phi) is 6.51. The fraction of sp³-hybridized carbons (Fsp3) is 0.167. The summed E-state index contributed by atoms with van der Waals surface area (Å²) < 4.78 is 4.46. The standard InChI is InChI=1S/C18H16N4O5/c1-27-18(24)16(20-19)17(23)21(12-11-13-5-3-2-4-6-13)14-7-9-15(10-8-14)22(25)26/h2-10H,11-12H2,1H3. The number of benzene rings is 2. The van der Waals surface area contributed by atoms with Crippen LogP contribution in [-0.2, 0) is 20.7 Å². The van der Waals surface area contributed by atoms with Crippen molar-refractivity contribution >= 4 is 29.0 Å². The number of carbonyl (C=O) groups is 2. The van der Waals surface area contributed by atoms with E-state index in [-0.39, 0.29) is 12.2 Å². The van der Waals surface area contributed by atoms with Crippen LogP contribution in [0, 0.1) is 10.1 Å². The summed E-state index contributed by atoms with van der Waals surface area (Å²) in [4.78, 5) is 38.6. The van der Waals surface area contributed by atoms with Gasteiger partial charge in [-0.3, -0.25) is 14.9 Å². The smallest absolute Gasteiger partial charge is 0.460 e. The minimum Gasteiger partial charge on any atom is -0.460 e. The van der Waals surface area contributed by atoms with Gasteiger partial charge in [-0.1, -0.05) is 30.3 Å². The molecule has 0 radical (unpaired) electrons. The summed E-state index contributed by atoms with van der Waals surface area (Å²) in [5.41, 5.74) is 9.37. The van der Waals surface area contributed by atoms with Crippen LogP contribution in [0.4, 0.5) is 11.4 Å². The number of anilines is 1. The van der Waals surface area contributed by atoms with Gasteiger partial charge in [-0.05, 0) is 24.1 Å². The van der Waals surface area contributed by atoms with Gasteiger partial charge in [-0.2, -0.15) is 4.79 Å². The molecular weight excluding hydrogens is 352 g/mol. The molecule has 0 heterocycles. The van der Waals surface area contributed by atoms with E-state index in [1.807, 2.05) is 30.3 Å². The first-order chi connectivity index (χ1) is 13.0. The maximum atomic E-state index is 12.7. The summed E-state index contributed by atoms with van der Waals surface area (Å²) in [6.07, 6.45) is 0.448. The Hall–Kier alpha value is -3.84. The second-order valence-corrected chi connectivity index (χ2v) is 5.41. The highest BCUT2D eigenvalue weighted by Crippen LogP contribution is 2.20.